The molecule has 1 saturated carbocycles. The van der Waals surface area contributed by atoms with E-state index in [1.807, 2.05) is 0 Å². The summed E-state index contributed by atoms with van der Waals surface area (Å²) in [6.07, 6.45) is 1.91. The van der Waals surface area contributed by atoms with Crippen molar-refractivity contribution in [2.45, 2.75) is 39.7 Å². The van der Waals surface area contributed by atoms with Crippen LogP contribution in [-0.4, -0.2) is 37.2 Å². The molecule has 1 fully saturated rings. The number of carbonyl (C=O) groups is 3. The number of anilines is 1. The van der Waals surface area contributed by atoms with Gasteiger partial charge in [0.1, 0.15) is 9.88 Å². The Morgan fingerprint density at radius 2 is 1.74 bits per heavy atom. The third-order valence-electron chi connectivity index (χ3n) is 3.23. The Hall–Kier alpha value is -2.09. The van der Waals surface area contributed by atoms with Crippen LogP contribution >= 0.6 is 11.3 Å². The third-order valence-corrected chi connectivity index (χ3v) is 4.41. The van der Waals surface area contributed by atoms with Gasteiger partial charge in [-0.25, -0.2) is 14.4 Å². The number of carbonyl (C=O) groups excluding carboxylic acids is 3. The fraction of sp³-hybridized carbons (Fsp3) is 0.533. The van der Waals surface area contributed by atoms with Crippen LogP contribution in [0.5, 0.6) is 0 Å². The van der Waals surface area contributed by atoms with E-state index in [1.165, 1.54) is 0 Å². The summed E-state index contributed by atoms with van der Waals surface area (Å²) < 4.78 is 10.0. The molecule has 23 heavy (non-hydrogen) atoms. The molecule has 1 aromatic rings. The van der Waals surface area contributed by atoms with Gasteiger partial charge < -0.3 is 14.8 Å². The van der Waals surface area contributed by atoms with Gasteiger partial charge in [0.05, 0.1) is 18.8 Å². The Balaban J connectivity index is 2.28. The van der Waals surface area contributed by atoms with Crippen molar-refractivity contribution in [3.8, 4) is 0 Å². The first kappa shape index (κ1) is 17.3. The highest BCUT2D eigenvalue weighted by atomic mass is 32.1. The Morgan fingerprint density at radius 3 is 2.30 bits per heavy atom. The van der Waals surface area contributed by atoms with E-state index < -0.39 is 18.0 Å². The Morgan fingerprint density at radius 1 is 1.13 bits per heavy atom. The minimum Gasteiger partial charge on any atom is -0.462 e. The van der Waals surface area contributed by atoms with Crippen molar-refractivity contribution in [3.63, 3.8) is 0 Å². The van der Waals surface area contributed by atoms with Crippen molar-refractivity contribution >= 4 is 34.3 Å². The molecular formula is C15H20N2O5S. The van der Waals surface area contributed by atoms with E-state index in [-0.39, 0.29) is 29.7 Å². The standard InChI is InChI=1S/C15H20N2O5S/c1-4-21-13(18)10-8(3)11(14(19)22-5-2)23-12(10)17-15(20)16-9-6-7-9/h9H,4-7H2,1-3H3,(H2,16,17,20). The van der Waals surface area contributed by atoms with Crippen LogP contribution in [0.15, 0.2) is 0 Å². The second-order valence-corrected chi connectivity index (χ2v) is 6.09. The lowest BCUT2D eigenvalue weighted by atomic mass is 10.1. The van der Waals surface area contributed by atoms with Crippen LogP contribution in [0.4, 0.5) is 9.80 Å². The number of hydrogen-bond donors (Lipinski definition) is 2. The van der Waals surface area contributed by atoms with Crippen molar-refractivity contribution in [1.82, 2.24) is 5.32 Å². The molecular weight excluding hydrogens is 320 g/mol. The summed E-state index contributed by atoms with van der Waals surface area (Å²) in [4.78, 5) is 36.4. The molecule has 2 N–H and O–H groups in total. The highest BCUT2D eigenvalue weighted by Crippen LogP contribution is 2.34. The topological polar surface area (TPSA) is 93.7 Å². The van der Waals surface area contributed by atoms with E-state index in [4.69, 9.17) is 9.47 Å². The van der Waals surface area contributed by atoms with Crippen molar-refractivity contribution in [2.24, 2.45) is 0 Å². The molecule has 0 radical (unpaired) electrons. The zero-order chi connectivity index (χ0) is 17.0. The van der Waals surface area contributed by atoms with Gasteiger partial charge in [-0.1, -0.05) is 0 Å². The van der Waals surface area contributed by atoms with Crippen LogP contribution in [0.2, 0.25) is 0 Å². The van der Waals surface area contributed by atoms with E-state index in [0.29, 0.717) is 10.6 Å². The van der Waals surface area contributed by atoms with E-state index in [1.54, 1.807) is 20.8 Å². The molecule has 2 amide bonds. The van der Waals surface area contributed by atoms with E-state index >= 15 is 0 Å². The van der Waals surface area contributed by atoms with Crippen LogP contribution in [0.25, 0.3) is 0 Å². The van der Waals surface area contributed by atoms with Crippen LogP contribution in [0.3, 0.4) is 0 Å². The maximum absolute atomic E-state index is 12.2. The molecule has 0 aromatic carbocycles. The molecule has 8 heteroatoms. The molecule has 2 rings (SSSR count). The van der Waals surface area contributed by atoms with Gasteiger partial charge in [0.25, 0.3) is 0 Å². The number of amides is 2. The van der Waals surface area contributed by atoms with Crippen molar-refractivity contribution in [1.29, 1.82) is 0 Å². The van der Waals surface area contributed by atoms with Gasteiger partial charge in [0, 0.05) is 6.04 Å². The number of nitrogens with one attached hydrogen (secondary N) is 2. The van der Waals surface area contributed by atoms with Crippen molar-refractivity contribution in [2.75, 3.05) is 18.5 Å². The first-order chi connectivity index (χ1) is 11.0. The second-order valence-electron chi connectivity index (χ2n) is 5.07. The monoisotopic (exact) mass is 340 g/mol. The lowest BCUT2D eigenvalue weighted by molar-refractivity contribution is 0.0527. The van der Waals surface area contributed by atoms with Gasteiger partial charge in [-0.2, -0.15) is 0 Å². The normalized spacial score (nSPS) is 13.3. The van der Waals surface area contributed by atoms with E-state index in [0.717, 1.165) is 24.2 Å². The van der Waals surface area contributed by atoms with Crippen LogP contribution in [0.1, 0.15) is 52.3 Å². The van der Waals surface area contributed by atoms with E-state index in [2.05, 4.69) is 10.6 Å². The van der Waals surface area contributed by atoms with E-state index in [9.17, 15) is 14.4 Å². The molecule has 7 nitrogen and oxygen atoms in total. The van der Waals surface area contributed by atoms with Crippen molar-refractivity contribution < 1.29 is 23.9 Å². The van der Waals surface area contributed by atoms with Gasteiger partial charge in [-0.15, -0.1) is 11.3 Å². The zero-order valence-electron chi connectivity index (χ0n) is 13.4. The van der Waals surface area contributed by atoms with Crippen LogP contribution in [-0.2, 0) is 9.47 Å². The SMILES string of the molecule is CCOC(=O)c1sc(NC(=O)NC2CC2)c(C(=O)OCC)c1C. The first-order valence-electron chi connectivity index (χ1n) is 7.53. The van der Waals surface area contributed by atoms with Crippen LogP contribution < -0.4 is 10.6 Å². The minimum absolute atomic E-state index is 0.187. The molecule has 0 spiro atoms. The number of ether oxygens (including phenoxy) is 2. The Labute approximate surface area is 138 Å². The summed E-state index contributed by atoms with van der Waals surface area (Å²) in [5, 5.41) is 5.70. The Kier molecular flexibility index (Phi) is 5.59. The highest BCUT2D eigenvalue weighted by molar-refractivity contribution is 7.18. The summed E-state index contributed by atoms with van der Waals surface area (Å²) in [5.74, 6) is -1.09. The smallest absolute Gasteiger partial charge is 0.348 e. The van der Waals surface area contributed by atoms with Crippen molar-refractivity contribution in [3.05, 3.63) is 16.0 Å². The number of thiophene rings is 1. The summed E-state index contributed by atoms with van der Waals surface area (Å²) in [5.41, 5.74) is 0.652. The molecule has 0 saturated heterocycles. The largest absolute Gasteiger partial charge is 0.462 e. The van der Waals surface area contributed by atoms with Gasteiger partial charge in [-0.3, -0.25) is 5.32 Å². The quantitative estimate of drug-likeness (QED) is 0.777. The molecule has 126 valence electrons. The highest BCUT2D eigenvalue weighted by Gasteiger charge is 2.29. The number of esters is 2. The average molecular weight is 340 g/mol. The van der Waals surface area contributed by atoms with Gasteiger partial charge in [0.2, 0.25) is 0 Å². The number of rotatable bonds is 6. The van der Waals surface area contributed by atoms with Crippen LogP contribution in [0, 0.1) is 6.92 Å². The average Bonchev–Trinajstić information content (AvgIpc) is 3.22. The van der Waals surface area contributed by atoms with Gasteiger partial charge >= 0.3 is 18.0 Å². The molecule has 1 aliphatic carbocycles. The second kappa shape index (κ2) is 7.45. The molecule has 0 unspecified atom stereocenters. The summed E-state index contributed by atoms with van der Waals surface area (Å²) in [6, 6.07) is -0.207. The first-order valence-corrected chi connectivity index (χ1v) is 8.34. The summed E-state index contributed by atoms with van der Waals surface area (Å²) in [6.45, 7) is 5.47. The fourth-order valence-electron chi connectivity index (χ4n) is 1.99. The number of hydrogen-bond acceptors (Lipinski definition) is 6. The third kappa shape index (κ3) is 4.22. The maximum atomic E-state index is 12.2. The Bertz CT molecular complexity index is 622. The lowest BCUT2D eigenvalue weighted by Crippen LogP contribution is -2.30. The van der Waals surface area contributed by atoms with Gasteiger partial charge in [-0.05, 0) is 39.2 Å². The minimum atomic E-state index is -0.571. The summed E-state index contributed by atoms with van der Waals surface area (Å²) >= 11 is 1.02. The number of urea groups is 1. The fourth-order valence-corrected chi connectivity index (χ4v) is 3.08. The molecule has 1 aliphatic rings. The molecule has 0 bridgehead atoms. The predicted octanol–water partition coefficient (Wildman–Crippen LogP) is 2.69. The molecule has 1 heterocycles. The van der Waals surface area contributed by atoms with Gasteiger partial charge in [0.15, 0.2) is 0 Å². The molecule has 0 aliphatic heterocycles. The summed E-state index contributed by atoms with van der Waals surface area (Å²) in [7, 11) is 0. The molecule has 0 atom stereocenters. The predicted molar refractivity (Wildman–Crippen MR) is 86.1 cm³/mol. The maximum Gasteiger partial charge on any atom is 0.348 e. The molecule has 1 aromatic heterocycles. The zero-order valence-corrected chi connectivity index (χ0v) is 14.2. The lowest BCUT2D eigenvalue weighted by Gasteiger charge is -2.07.